The van der Waals surface area contributed by atoms with Gasteiger partial charge in [0.2, 0.25) is 0 Å². The Morgan fingerprint density at radius 2 is 2.05 bits per heavy atom. The van der Waals surface area contributed by atoms with E-state index in [1.54, 1.807) is 12.1 Å². The van der Waals surface area contributed by atoms with E-state index in [4.69, 9.17) is 0 Å². The molecule has 1 heterocycles. The molecule has 5 nitrogen and oxygen atoms in total. The van der Waals surface area contributed by atoms with Crippen LogP contribution in [0.5, 0.6) is 0 Å². The van der Waals surface area contributed by atoms with Crippen LogP contribution in [-0.4, -0.2) is 36.0 Å². The van der Waals surface area contributed by atoms with Crippen LogP contribution in [0, 0.1) is 10.1 Å². The Kier molecular flexibility index (Phi) is 6.60. The van der Waals surface area contributed by atoms with E-state index in [1.165, 1.54) is 32.4 Å². The van der Waals surface area contributed by atoms with E-state index in [-0.39, 0.29) is 10.6 Å². The first-order valence-corrected chi connectivity index (χ1v) is 8.32. The third-order valence-corrected chi connectivity index (χ3v) is 4.48. The van der Waals surface area contributed by atoms with Crippen LogP contribution < -0.4 is 5.32 Å². The Balaban J connectivity index is 1.68. The van der Waals surface area contributed by atoms with Gasteiger partial charge in [0.1, 0.15) is 0 Å². The van der Waals surface area contributed by atoms with Crippen molar-refractivity contribution in [1.82, 2.24) is 10.2 Å². The Labute approximate surface area is 134 Å². The van der Waals surface area contributed by atoms with Gasteiger partial charge in [-0.3, -0.25) is 10.1 Å². The highest BCUT2D eigenvalue weighted by atomic mass is 79.9. The minimum Gasteiger partial charge on any atom is -0.313 e. The average molecular weight is 356 g/mol. The topological polar surface area (TPSA) is 58.4 Å². The summed E-state index contributed by atoms with van der Waals surface area (Å²) in [7, 11) is 0. The second kappa shape index (κ2) is 8.46. The summed E-state index contributed by atoms with van der Waals surface area (Å²) >= 11 is 3.20. The number of nitro groups is 1. The summed E-state index contributed by atoms with van der Waals surface area (Å²) in [5.41, 5.74) is 1.07. The highest BCUT2D eigenvalue weighted by Gasteiger charge is 2.12. The van der Waals surface area contributed by atoms with E-state index >= 15 is 0 Å². The zero-order valence-electron chi connectivity index (χ0n) is 12.2. The summed E-state index contributed by atoms with van der Waals surface area (Å²) in [5, 5.41) is 14.2. The molecule has 0 bridgehead atoms. The van der Waals surface area contributed by atoms with E-state index in [2.05, 4.69) is 26.1 Å². The Morgan fingerprint density at radius 3 is 2.76 bits per heavy atom. The number of likely N-dealkylation sites (tertiary alicyclic amines) is 1. The van der Waals surface area contributed by atoms with Gasteiger partial charge >= 0.3 is 0 Å². The van der Waals surface area contributed by atoms with Gasteiger partial charge in [-0.05, 0) is 73.0 Å². The molecule has 1 aromatic rings. The number of hydrogen-bond donors (Lipinski definition) is 1. The van der Waals surface area contributed by atoms with Crippen LogP contribution in [0.4, 0.5) is 5.69 Å². The zero-order valence-corrected chi connectivity index (χ0v) is 13.8. The fraction of sp³-hybridized carbons (Fsp3) is 0.600. The van der Waals surface area contributed by atoms with Crippen LogP contribution >= 0.6 is 15.9 Å². The van der Waals surface area contributed by atoms with Crippen LogP contribution in [0.15, 0.2) is 22.7 Å². The van der Waals surface area contributed by atoms with E-state index < -0.39 is 0 Å². The number of nitrogens with zero attached hydrogens (tertiary/aromatic N) is 2. The van der Waals surface area contributed by atoms with Gasteiger partial charge in [0.15, 0.2) is 0 Å². The molecule has 0 unspecified atom stereocenters. The Hall–Kier alpha value is -0.980. The van der Waals surface area contributed by atoms with Crippen LogP contribution in [0.25, 0.3) is 0 Å². The average Bonchev–Trinajstić information content (AvgIpc) is 2.49. The first-order valence-electron chi connectivity index (χ1n) is 7.53. The van der Waals surface area contributed by atoms with Crippen molar-refractivity contribution in [3.8, 4) is 0 Å². The molecule has 1 N–H and O–H groups in total. The number of piperidine rings is 1. The van der Waals surface area contributed by atoms with Crippen molar-refractivity contribution in [3.05, 3.63) is 38.3 Å². The van der Waals surface area contributed by atoms with Crippen molar-refractivity contribution in [3.63, 3.8) is 0 Å². The SMILES string of the molecule is O=[N+]([O-])c1cc(CNCCCN2CCCCC2)ccc1Br. The van der Waals surface area contributed by atoms with Crippen molar-refractivity contribution < 1.29 is 4.92 Å². The predicted octanol–water partition coefficient (Wildman–Crippen LogP) is 3.32. The summed E-state index contributed by atoms with van der Waals surface area (Å²) in [6.07, 6.45) is 5.15. The van der Waals surface area contributed by atoms with Crippen molar-refractivity contribution in [2.75, 3.05) is 26.2 Å². The van der Waals surface area contributed by atoms with Crippen molar-refractivity contribution in [1.29, 1.82) is 0 Å². The van der Waals surface area contributed by atoms with Crippen LogP contribution in [0.1, 0.15) is 31.2 Å². The first kappa shape index (κ1) is 16.4. The lowest BCUT2D eigenvalue weighted by atomic mass is 10.1. The molecule has 1 aliphatic rings. The monoisotopic (exact) mass is 355 g/mol. The lowest BCUT2D eigenvalue weighted by Crippen LogP contribution is -2.32. The standard InChI is InChI=1S/C15H22BrN3O2/c16-14-6-5-13(11-15(14)19(20)21)12-17-7-4-10-18-8-2-1-3-9-18/h5-6,11,17H,1-4,7-10,12H2. The second-order valence-corrected chi connectivity index (χ2v) is 6.33. The molecule has 0 spiro atoms. The molecule has 0 radical (unpaired) electrons. The normalized spacial score (nSPS) is 16.0. The third-order valence-electron chi connectivity index (χ3n) is 3.81. The molecule has 1 fully saturated rings. The fourth-order valence-electron chi connectivity index (χ4n) is 2.65. The zero-order chi connectivity index (χ0) is 15.1. The van der Waals surface area contributed by atoms with E-state index in [9.17, 15) is 10.1 Å². The molecule has 0 amide bonds. The third kappa shape index (κ3) is 5.37. The smallest absolute Gasteiger partial charge is 0.283 e. The molecular formula is C15H22BrN3O2. The highest BCUT2D eigenvalue weighted by Crippen LogP contribution is 2.25. The molecule has 1 aliphatic heterocycles. The maximum absolute atomic E-state index is 10.9. The van der Waals surface area contributed by atoms with E-state index in [0.717, 1.165) is 25.1 Å². The van der Waals surface area contributed by atoms with Gasteiger partial charge < -0.3 is 10.2 Å². The van der Waals surface area contributed by atoms with Crippen molar-refractivity contribution in [2.24, 2.45) is 0 Å². The molecule has 6 heteroatoms. The summed E-state index contributed by atoms with van der Waals surface area (Å²) in [6, 6.07) is 5.28. The quantitative estimate of drug-likeness (QED) is 0.463. The van der Waals surface area contributed by atoms with Gasteiger partial charge in [0.05, 0.1) is 9.40 Å². The van der Waals surface area contributed by atoms with Crippen LogP contribution in [0.2, 0.25) is 0 Å². The maximum atomic E-state index is 10.9. The number of hydrogen-bond acceptors (Lipinski definition) is 4. The summed E-state index contributed by atoms with van der Waals surface area (Å²) in [5.74, 6) is 0. The minimum absolute atomic E-state index is 0.127. The second-order valence-electron chi connectivity index (χ2n) is 5.48. The van der Waals surface area contributed by atoms with Crippen molar-refractivity contribution >= 4 is 21.6 Å². The number of halogens is 1. The van der Waals surface area contributed by atoms with Gasteiger partial charge in [-0.15, -0.1) is 0 Å². The predicted molar refractivity (Wildman–Crippen MR) is 87.4 cm³/mol. The van der Waals surface area contributed by atoms with E-state index in [1.807, 2.05) is 6.07 Å². The molecule has 0 saturated carbocycles. The number of benzene rings is 1. The number of rotatable bonds is 7. The fourth-order valence-corrected chi connectivity index (χ4v) is 3.04. The molecule has 116 valence electrons. The molecule has 21 heavy (non-hydrogen) atoms. The Bertz CT molecular complexity index is 476. The summed E-state index contributed by atoms with van der Waals surface area (Å²) in [6.45, 7) is 5.24. The van der Waals surface area contributed by atoms with Crippen LogP contribution in [0.3, 0.4) is 0 Å². The first-order chi connectivity index (χ1) is 10.2. The molecule has 0 atom stereocenters. The lowest BCUT2D eigenvalue weighted by molar-refractivity contribution is -0.385. The summed E-state index contributed by atoms with van der Waals surface area (Å²) in [4.78, 5) is 13.0. The molecular weight excluding hydrogens is 334 g/mol. The number of nitrogens with one attached hydrogen (secondary N) is 1. The highest BCUT2D eigenvalue weighted by molar-refractivity contribution is 9.10. The lowest BCUT2D eigenvalue weighted by Gasteiger charge is -2.26. The van der Waals surface area contributed by atoms with E-state index in [0.29, 0.717) is 11.0 Å². The summed E-state index contributed by atoms with van der Waals surface area (Å²) < 4.78 is 0.529. The molecule has 0 aromatic heterocycles. The molecule has 0 aliphatic carbocycles. The van der Waals surface area contributed by atoms with Gasteiger partial charge in [0, 0.05) is 12.6 Å². The molecule has 1 aromatic carbocycles. The van der Waals surface area contributed by atoms with Crippen molar-refractivity contribution in [2.45, 2.75) is 32.2 Å². The van der Waals surface area contributed by atoms with Gasteiger partial charge in [-0.1, -0.05) is 12.5 Å². The van der Waals surface area contributed by atoms with Gasteiger partial charge in [-0.2, -0.15) is 0 Å². The van der Waals surface area contributed by atoms with Crippen LogP contribution in [-0.2, 0) is 6.54 Å². The molecule has 2 rings (SSSR count). The van der Waals surface area contributed by atoms with Gasteiger partial charge in [0.25, 0.3) is 5.69 Å². The Morgan fingerprint density at radius 1 is 1.29 bits per heavy atom. The maximum Gasteiger partial charge on any atom is 0.283 e. The number of nitro benzene ring substituents is 1. The largest absolute Gasteiger partial charge is 0.313 e. The minimum atomic E-state index is -0.357. The van der Waals surface area contributed by atoms with Gasteiger partial charge in [-0.25, -0.2) is 0 Å². The molecule has 1 saturated heterocycles.